The number of ether oxygens (including phenoxy) is 1. The van der Waals surface area contributed by atoms with Gasteiger partial charge in [-0.3, -0.25) is 14.4 Å². The molecular formula is C38H26ClN3O5S. The number of nitriles is 1. The van der Waals surface area contributed by atoms with Crippen molar-refractivity contribution in [3.05, 3.63) is 136 Å². The van der Waals surface area contributed by atoms with Crippen molar-refractivity contribution < 1.29 is 23.9 Å². The molecule has 0 aliphatic carbocycles. The molecule has 1 atom stereocenters. The third kappa shape index (κ3) is 6.76. The van der Waals surface area contributed by atoms with E-state index < -0.39 is 35.4 Å². The lowest BCUT2D eigenvalue weighted by atomic mass is 9.98. The van der Waals surface area contributed by atoms with E-state index in [9.17, 15) is 24.4 Å². The van der Waals surface area contributed by atoms with Crippen LogP contribution >= 0.6 is 23.4 Å². The molecule has 8 nitrogen and oxygen atoms in total. The van der Waals surface area contributed by atoms with Gasteiger partial charge in [0.05, 0.1) is 32.8 Å². The highest BCUT2D eigenvalue weighted by Gasteiger charge is 2.41. The molecule has 2 amide bonds. The molecule has 1 aliphatic rings. The Balaban J connectivity index is 1.21. The van der Waals surface area contributed by atoms with Gasteiger partial charge in [-0.15, -0.1) is 0 Å². The summed E-state index contributed by atoms with van der Waals surface area (Å²) in [6.45, 7) is 1.49. The molecule has 0 bridgehead atoms. The molecule has 1 saturated heterocycles. The molecule has 1 fully saturated rings. The van der Waals surface area contributed by atoms with E-state index in [-0.39, 0.29) is 28.3 Å². The summed E-state index contributed by atoms with van der Waals surface area (Å²) in [5.74, 6) is -2.07. The first-order valence-electron chi connectivity index (χ1n) is 14.9. The average molecular weight is 672 g/mol. The molecule has 1 unspecified atom stereocenters. The summed E-state index contributed by atoms with van der Waals surface area (Å²) in [6.07, 6.45) is -0.0978. The Morgan fingerprint density at radius 3 is 2.31 bits per heavy atom. The molecule has 6 rings (SSSR count). The number of halogens is 1. The van der Waals surface area contributed by atoms with Crippen molar-refractivity contribution >= 4 is 52.6 Å². The van der Waals surface area contributed by atoms with Crippen LogP contribution in [0.5, 0.6) is 0 Å². The topological polar surface area (TPSA) is 117 Å². The SMILES string of the molecule is Cc1ccc(-c2cc(-c3ccccc3)nc(SC3CC(=O)N(c4ccc(C(=O)OCC(=O)c5ccccc5Cl)cc4)C3=O)c2C#N)cc1. The van der Waals surface area contributed by atoms with Crippen LogP contribution in [0, 0.1) is 18.3 Å². The number of rotatable bonds is 9. The van der Waals surface area contributed by atoms with Crippen molar-refractivity contribution in [2.24, 2.45) is 0 Å². The normalized spacial score (nSPS) is 14.1. The van der Waals surface area contributed by atoms with Crippen molar-refractivity contribution in [2.75, 3.05) is 11.5 Å². The standard InChI is InChI=1S/C38H26ClN3O5S/c1-23-11-13-24(14-12-23)29-19-32(25-7-3-2-4-8-25)41-36(30(29)21-40)48-34-20-35(44)42(37(34)45)27-17-15-26(16-18-27)38(46)47-22-33(43)28-9-5-6-10-31(28)39/h2-19,34H,20,22H2,1H3. The Labute approximate surface area is 285 Å². The number of aromatic nitrogens is 1. The minimum atomic E-state index is -0.825. The monoisotopic (exact) mass is 671 g/mol. The summed E-state index contributed by atoms with van der Waals surface area (Å²) in [6, 6.07) is 33.8. The number of thioether (sulfide) groups is 1. The number of carbonyl (C=O) groups excluding carboxylic acids is 4. The zero-order chi connectivity index (χ0) is 33.8. The van der Waals surface area contributed by atoms with Crippen LogP contribution in [0.4, 0.5) is 5.69 Å². The number of pyridine rings is 1. The Morgan fingerprint density at radius 2 is 1.62 bits per heavy atom. The van der Waals surface area contributed by atoms with Crippen molar-refractivity contribution in [3.8, 4) is 28.5 Å². The highest BCUT2D eigenvalue weighted by atomic mass is 35.5. The van der Waals surface area contributed by atoms with Gasteiger partial charge < -0.3 is 4.74 Å². The van der Waals surface area contributed by atoms with Gasteiger partial charge in [-0.05, 0) is 55.0 Å². The van der Waals surface area contributed by atoms with E-state index in [1.165, 1.54) is 24.3 Å². The summed E-state index contributed by atoms with van der Waals surface area (Å²) in [5.41, 5.74) is 5.06. The fourth-order valence-corrected chi connectivity index (χ4v) is 6.63. The van der Waals surface area contributed by atoms with Gasteiger partial charge in [0.15, 0.2) is 6.61 Å². The smallest absolute Gasteiger partial charge is 0.338 e. The Hall–Kier alpha value is -5.56. The number of ketones is 1. The first kappa shape index (κ1) is 32.4. The quantitative estimate of drug-likeness (QED) is 0.0888. The van der Waals surface area contributed by atoms with E-state index >= 15 is 0 Å². The average Bonchev–Trinajstić information content (AvgIpc) is 3.39. The van der Waals surface area contributed by atoms with Gasteiger partial charge in [-0.2, -0.15) is 5.26 Å². The van der Waals surface area contributed by atoms with E-state index in [1.807, 2.05) is 67.6 Å². The van der Waals surface area contributed by atoms with Gasteiger partial charge in [0.25, 0.3) is 0 Å². The Bertz CT molecular complexity index is 2090. The highest BCUT2D eigenvalue weighted by Crippen LogP contribution is 2.39. The van der Waals surface area contributed by atoms with Crippen LogP contribution in [0.25, 0.3) is 22.4 Å². The molecule has 0 spiro atoms. The number of imide groups is 1. The number of amides is 2. The van der Waals surface area contributed by atoms with E-state index in [2.05, 4.69) is 6.07 Å². The maximum absolute atomic E-state index is 13.7. The van der Waals surface area contributed by atoms with Crippen LogP contribution in [0.2, 0.25) is 5.02 Å². The number of hydrogen-bond donors (Lipinski definition) is 0. The fraction of sp³-hybridized carbons (Fsp3) is 0.105. The predicted molar refractivity (Wildman–Crippen MR) is 184 cm³/mol. The van der Waals surface area contributed by atoms with E-state index in [4.69, 9.17) is 21.3 Å². The minimum absolute atomic E-state index is 0.0978. The Kier molecular flexibility index (Phi) is 9.48. The molecule has 236 valence electrons. The second-order valence-electron chi connectivity index (χ2n) is 11.0. The van der Waals surface area contributed by atoms with Crippen LogP contribution in [0.15, 0.2) is 114 Å². The molecule has 2 heterocycles. The number of Topliss-reactive ketones (excluding diaryl/α,β-unsaturated/α-hetero) is 1. The van der Waals surface area contributed by atoms with Crippen molar-refractivity contribution in [1.82, 2.24) is 4.98 Å². The van der Waals surface area contributed by atoms with Gasteiger partial charge in [0.1, 0.15) is 11.1 Å². The molecule has 0 saturated carbocycles. The third-order valence-electron chi connectivity index (χ3n) is 7.76. The zero-order valence-corrected chi connectivity index (χ0v) is 27.1. The number of nitrogens with zero attached hydrogens (tertiary/aromatic N) is 3. The maximum atomic E-state index is 13.7. The van der Waals surface area contributed by atoms with E-state index in [0.717, 1.165) is 33.4 Å². The summed E-state index contributed by atoms with van der Waals surface area (Å²) in [4.78, 5) is 57.8. The first-order valence-corrected chi connectivity index (χ1v) is 16.1. The van der Waals surface area contributed by atoms with Crippen molar-refractivity contribution in [2.45, 2.75) is 23.6 Å². The second-order valence-corrected chi connectivity index (χ2v) is 12.6. The van der Waals surface area contributed by atoms with Gasteiger partial charge in [0.2, 0.25) is 17.6 Å². The van der Waals surface area contributed by atoms with Gasteiger partial charge in [0, 0.05) is 23.1 Å². The maximum Gasteiger partial charge on any atom is 0.338 e. The number of carbonyl (C=O) groups is 4. The molecule has 1 aromatic heterocycles. The zero-order valence-electron chi connectivity index (χ0n) is 25.6. The lowest BCUT2D eigenvalue weighted by Crippen LogP contribution is -2.31. The van der Waals surface area contributed by atoms with Crippen LogP contribution in [0.3, 0.4) is 0 Å². The summed E-state index contributed by atoms with van der Waals surface area (Å²) >= 11 is 7.14. The summed E-state index contributed by atoms with van der Waals surface area (Å²) in [5, 5.41) is 10.1. The number of benzene rings is 4. The number of esters is 1. The van der Waals surface area contributed by atoms with Crippen LogP contribution < -0.4 is 4.90 Å². The first-order chi connectivity index (χ1) is 23.2. The lowest BCUT2D eigenvalue weighted by Gasteiger charge is -2.16. The van der Waals surface area contributed by atoms with Crippen molar-refractivity contribution in [1.29, 1.82) is 5.26 Å². The fourth-order valence-electron chi connectivity index (χ4n) is 5.26. The van der Waals surface area contributed by atoms with Crippen LogP contribution in [0.1, 0.15) is 38.3 Å². The van der Waals surface area contributed by atoms with Gasteiger partial charge >= 0.3 is 5.97 Å². The van der Waals surface area contributed by atoms with E-state index in [0.29, 0.717) is 21.8 Å². The van der Waals surface area contributed by atoms with Crippen LogP contribution in [-0.2, 0) is 14.3 Å². The minimum Gasteiger partial charge on any atom is -0.454 e. The number of anilines is 1. The lowest BCUT2D eigenvalue weighted by molar-refractivity contribution is -0.121. The highest BCUT2D eigenvalue weighted by molar-refractivity contribution is 8.00. The molecule has 5 aromatic rings. The molecule has 1 aliphatic heterocycles. The Morgan fingerprint density at radius 1 is 0.938 bits per heavy atom. The molecule has 0 N–H and O–H groups in total. The van der Waals surface area contributed by atoms with E-state index in [1.54, 1.807) is 24.3 Å². The molecule has 48 heavy (non-hydrogen) atoms. The molecule has 10 heteroatoms. The van der Waals surface area contributed by atoms with Crippen molar-refractivity contribution in [3.63, 3.8) is 0 Å². The predicted octanol–water partition coefficient (Wildman–Crippen LogP) is 7.71. The third-order valence-corrected chi connectivity index (χ3v) is 9.26. The van der Waals surface area contributed by atoms with Gasteiger partial charge in [-0.1, -0.05) is 95.7 Å². The second kappa shape index (κ2) is 14.1. The number of aryl methyl sites for hydroxylation is 1. The van der Waals surface area contributed by atoms with Gasteiger partial charge in [-0.25, -0.2) is 14.7 Å². The number of hydrogen-bond acceptors (Lipinski definition) is 8. The summed E-state index contributed by atoms with van der Waals surface area (Å²) in [7, 11) is 0. The molecule has 0 radical (unpaired) electrons. The molecular weight excluding hydrogens is 646 g/mol. The largest absolute Gasteiger partial charge is 0.454 e. The molecule has 4 aromatic carbocycles. The van der Waals surface area contributed by atoms with Crippen LogP contribution in [-0.4, -0.2) is 40.4 Å². The summed E-state index contributed by atoms with van der Waals surface area (Å²) < 4.78 is 5.17.